The monoisotopic (exact) mass is 417 g/mol. The van der Waals surface area contributed by atoms with Gasteiger partial charge in [0, 0.05) is 32.7 Å². The highest BCUT2D eigenvalue weighted by Gasteiger charge is 2.21. The Balaban J connectivity index is 1.66. The topological polar surface area (TPSA) is 44.8 Å². The van der Waals surface area contributed by atoms with E-state index in [1.807, 2.05) is 11.9 Å². The predicted octanol–water partition coefficient (Wildman–Crippen LogP) is 2.42. The van der Waals surface area contributed by atoms with Crippen LogP contribution in [0, 0.1) is 5.92 Å². The molecular formula is C17H28BrN3O2S. The number of carbonyl (C=O) groups is 1. The van der Waals surface area contributed by atoms with Gasteiger partial charge in [-0.1, -0.05) is 13.8 Å². The van der Waals surface area contributed by atoms with Crippen LogP contribution in [0.15, 0.2) is 15.2 Å². The maximum atomic E-state index is 12.1. The van der Waals surface area contributed by atoms with Crippen molar-refractivity contribution in [3.8, 4) is 0 Å². The molecule has 0 saturated carbocycles. The number of hydrogen-bond acceptors (Lipinski definition) is 5. The molecule has 0 spiro atoms. The van der Waals surface area contributed by atoms with Crippen molar-refractivity contribution >= 4 is 33.2 Å². The average molecular weight is 418 g/mol. The van der Waals surface area contributed by atoms with Crippen molar-refractivity contribution in [1.82, 2.24) is 15.1 Å². The summed E-state index contributed by atoms with van der Waals surface area (Å²) in [6.45, 7) is 9.95. The molecule has 1 amide bonds. The molecule has 7 heteroatoms. The number of ether oxygens (including phenoxy) is 1. The Morgan fingerprint density at radius 2 is 2.38 bits per heavy atom. The number of amides is 1. The third kappa shape index (κ3) is 7.19. The van der Waals surface area contributed by atoms with Crippen molar-refractivity contribution in [3.63, 3.8) is 0 Å². The number of rotatable bonds is 8. The fraction of sp³-hybridized carbons (Fsp3) is 0.706. The van der Waals surface area contributed by atoms with E-state index >= 15 is 0 Å². The number of nitrogens with one attached hydrogen (secondary N) is 1. The summed E-state index contributed by atoms with van der Waals surface area (Å²) in [5.74, 6) is 0.709. The zero-order valence-electron chi connectivity index (χ0n) is 14.8. The molecular weight excluding hydrogens is 390 g/mol. The molecule has 0 radical (unpaired) electrons. The van der Waals surface area contributed by atoms with Crippen molar-refractivity contribution in [2.24, 2.45) is 5.92 Å². The lowest BCUT2D eigenvalue weighted by molar-refractivity contribution is -0.123. The predicted molar refractivity (Wildman–Crippen MR) is 102 cm³/mol. The van der Waals surface area contributed by atoms with Crippen LogP contribution < -0.4 is 5.32 Å². The second kappa shape index (κ2) is 9.87. The minimum absolute atomic E-state index is 0.0522. The van der Waals surface area contributed by atoms with Crippen LogP contribution in [0.3, 0.4) is 0 Å². The molecule has 1 aromatic heterocycles. The van der Waals surface area contributed by atoms with Crippen molar-refractivity contribution in [3.05, 3.63) is 20.8 Å². The fourth-order valence-corrected chi connectivity index (χ4v) is 4.11. The molecule has 2 rings (SSSR count). The lowest BCUT2D eigenvalue weighted by Gasteiger charge is -2.34. The molecule has 1 aliphatic heterocycles. The Morgan fingerprint density at radius 1 is 1.58 bits per heavy atom. The van der Waals surface area contributed by atoms with Crippen LogP contribution in [0.5, 0.6) is 0 Å². The van der Waals surface area contributed by atoms with E-state index in [2.05, 4.69) is 51.4 Å². The van der Waals surface area contributed by atoms with E-state index in [-0.39, 0.29) is 12.0 Å². The minimum atomic E-state index is 0.0522. The number of thiophene rings is 1. The lowest BCUT2D eigenvalue weighted by Crippen LogP contribution is -2.49. The summed E-state index contributed by atoms with van der Waals surface area (Å²) in [7, 11) is 1.96. The normalized spacial score (nSPS) is 19.2. The number of hydrogen-bond donors (Lipinski definition) is 1. The van der Waals surface area contributed by atoms with Crippen LogP contribution in [-0.2, 0) is 16.1 Å². The molecule has 0 aliphatic carbocycles. The molecule has 1 fully saturated rings. The van der Waals surface area contributed by atoms with E-state index in [1.165, 1.54) is 5.56 Å². The van der Waals surface area contributed by atoms with E-state index in [1.54, 1.807) is 11.3 Å². The Labute approximate surface area is 157 Å². The quantitative estimate of drug-likeness (QED) is 0.705. The first-order chi connectivity index (χ1) is 11.4. The zero-order chi connectivity index (χ0) is 17.5. The van der Waals surface area contributed by atoms with Gasteiger partial charge < -0.3 is 10.1 Å². The van der Waals surface area contributed by atoms with E-state index in [9.17, 15) is 4.79 Å². The highest BCUT2D eigenvalue weighted by molar-refractivity contribution is 9.11. The maximum Gasteiger partial charge on any atom is 0.234 e. The molecule has 24 heavy (non-hydrogen) atoms. The highest BCUT2D eigenvalue weighted by Crippen LogP contribution is 2.21. The number of morpholine rings is 1. The second-order valence-electron chi connectivity index (χ2n) is 6.88. The standard InChI is InChI=1S/C17H28BrN3O2S/c1-13(2)8-21-4-5-23-15(10-21)7-19-17(22)11-20(3)9-14-6-16(18)24-12-14/h6,12-13,15H,4-5,7-11H2,1-3H3,(H,19,22). The van der Waals surface area contributed by atoms with Gasteiger partial charge in [-0.15, -0.1) is 11.3 Å². The van der Waals surface area contributed by atoms with Gasteiger partial charge in [-0.25, -0.2) is 0 Å². The number of nitrogens with zero attached hydrogens (tertiary/aromatic N) is 2. The van der Waals surface area contributed by atoms with Crippen LogP contribution in [0.1, 0.15) is 19.4 Å². The van der Waals surface area contributed by atoms with Gasteiger partial charge in [0.2, 0.25) is 5.91 Å². The van der Waals surface area contributed by atoms with Gasteiger partial charge >= 0.3 is 0 Å². The van der Waals surface area contributed by atoms with Gasteiger partial charge in [-0.05, 0) is 45.9 Å². The first-order valence-electron chi connectivity index (χ1n) is 8.44. The van der Waals surface area contributed by atoms with Crippen LogP contribution in [-0.4, -0.2) is 68.2 Å². The summed E-state index contributed by atoms with van der Waals surface area (Å²) in [6, 6.07) is 2.10. The summed E-state index contributed by atoms with van der Waals surface area (Å²) in [5.41, 5.74) is 1.22. The second-order valence-corrected chi connectivity index (χ2v) is 9.17. The van der Waals surface area contributed by atoms with Gasteiger partial charge in [0.1, 0.15) is 0 Å². The third-order valence-electron chi connectivity index (χ3n) is 3.86. The fourth-order valence-electron chi connectivity index (χ4n) is 2.91. The Hall–Kier alpha value is -0.470. The van der Waals surface area contributed by atoms with Crippen molar-refractivity contribution in [2.45, 2.75) is 26.5 Å². The van der Waals surface area contributed by atoms with Crippen molar-refractivity contribution in [2.75, 3.05) is 46.4 Å². The molecule has 136 valence electrons. The van der Waals surface area contributed by atoms with E-state index in [0.29, 0.717) is 19.0 Å². The summed E-state index contributed by atoms with van der Waals surface area (Å²) in [6.07, 6.45) is 0.0968. The van der Waals surface area contributed by atoms with Crippen molar-refractivity contribution < 1.29 is 9.53 Å². The highest BCUT2D eigenvalue weighted by atomic mass is 79.9. The maximum absolute atomic E-state index is 12.1. The molecule has 1 aliphatic rings. The van der Waals surface area contributed by atoms with E-state index in [4.69, 9.17) is 4.74 Å². The smallest absolute Gasteiger partial charge is 0.234 e. The number of likely N-dealkylation sites (N-methyl/N-ethyl adjacent to an activating group) is 1. The number of carbonyl (C=O) groups excluding carboxylic acids is 1. The third-order valence-corrected chi connectivity index (χ3v) is 5.41. The molecule has 0 bridgehead atoms. The summed E-state index contributed by atoms with van der Waals surface area (Å²) in [4.78, 5) is 16.6. The summed E-state index contributed by atoms with van der Waals surface area (Å²) < 4.78 is 6.89. The Kier molecular flexibility index (Phi) is 8.16. The van der Waals surface area contributed by atoms with Gasteiger partial charge in [-0.3, -0.25) is 14.6 Å². The molecule has 1 aromatic rings. The first-order valence-corrected chi connectivity index (χ1v) is 10.1. The van der Waals surface area contributed by atoms with Crippen LogP contribution in [0.2, 0.25) is 0 Å². The van der Waals surface area contributed by atoms with Gasteiger partial charge in [0.25, 0.3) is 0 Å². The molecule has 1 saturated heterocycles. The molecule has 0 aromatic carbocycles. The van der Waals surface area contributed by atoms with E-state index in [0.717, 1.165) is 36.6 Å². The summed E-state index contributed by atoms with van der Waals surface area (Å²) in [5, 5.41) is 5.12. The van der Waals surface area contributed by atoms with Gasteiger partial charge in [0.15, 0.2) is 0 Å². The van der Waals surface area contributed by atoms with Crippen molar-refractivity contribution in [1.29, 1.82) is 0 Å². The van der Waals surface area contributed by atoms with Gasteiger partial charge in [-0.2, -0.15) is 0 Å². The lowest BCUT2D eigenvalue weighted by atomic mass is 10.2. The molecule has 1 unspecified atom stereocenters. The summed E-state index contributed by atoms with van der Waals surface area (Å²) >= 11 is 5.13. The molecule has 2 heterocycles. The Morgan fingerprint density at radius 3 is 3.04 bits per heavy atom. The van der Waals surface area contributed by atoms with Crippen LogP contribution in [0.4, 0.5) is 0 Å². The Bertz CT molecular complexity index is 524. The molecule has 5 nitrogen and oxygen atoms in total. The van der Waals surface area contributed by atoms with Crippen LogP contribution in [0.25, 0.3) is 0 Å². The SMILES string of the molecule is CC(C)CN1CCOC(CNC(=O)CN(C)Cc2csc(Br)c2)C1. The zero-order valence-corrected chi connectivity index (χ0v) is 17.2. The van der Waals surface area contributed by atoms with E-state index < -0.39 is 0 Å². The largest absolute Gasteiger partial charge is 0.374 e. The van der Waals surface area contributed by atoms with Crippen LogP contribution >= 0.6 is 27.3 Å². The molecule has 1 atom stereocenters. The first kappa shape index (κ1) is 19.8. The molecule has 1 N–H and O–H groups in total. The minimum Gasteiger partial charge on any atom is -0.374 e. The number of halogens is 1. The average Bonchev–Trinajstić information content (AvgIpc) is 2.89. The van der Waals surface area contributed by atoms with Gasteiger partial charge in [0.05, 0.1) is 23.0 Å².